The van der Waals surface area contributed by atoms with E-state index in [9.17, 15) is 48.9 Å². The summed E-state index contributed by atoms with van der Waals surface area (Å²) in [5, 5.41) is 41.6. The highest BCUT2D eigenvalue weighted by Crippen LogP contribution is 2.14. The number of aromatic hydroxyl groups is 1. The number of unbranched alkanes of at least 4 members (excludes halogenated alkanes) is 1. The number of nitrogens with zero attached hydrogens (tertiary/aromatic N) is 1. The van der Waals surface area contributed by atoms with Crippen molar-refractivity contribution in [3.8, 4) is 5.75 Å². The van der Waals surface area contributed by atoms with Crippen molar-refractivity contribution >= 4 is 41.5 Å². The quantitative estimate of drug-likeness (QED) is 0.0563. The summed E-state index contributed by atoms with van der Waals surface area (Å²) in [6.07, 6.45) is 2.76. The smallest absolute Gasteiger partial charge is 0.326 e. The molecule has 0 spiro atoms. The van der Waals surface area contributed by atoms with E-state index in [2.05, 4.69) is 36.6 Å². The van der Waals surface area contributed by atoms with Gasteiger partial charge in [0.25, 0.3) is 0 Å². The second-order valence-electron chi connectivity index (χ2n) is 14.4. The van der Waals surface area contributed by atoms with Crippen LogP contribution in [0.3, 0.4) is 0 Å². The number of aromatic nitrogens is 2. The zero-order chi connectivity index (χ0) is 41.9. The first-order valence-corrected chi connectivity index (χ1v) is 18.6. The van der Waals surface area contributed by atoms with Gasteiger partial charge in [-0.1, -0.05) is 39.8 Å². The minimum absolute atomic E-state index is 0.0383. The van der Waals surface area contributed by atoms with Crippen LogP contribution in [-0.2, 0) is 46.4 Å². The van der Waals surface area contributed by atoms with Crippen LogP contribution in [0.1, 0.15) is 77.5 Å². The van der Waals surface area contributed by atoms with Crippen LogP contribution in [-0.4, -0.2) is 110 Å². The van der Waals surface area contributed by atoms with Crippen molar-refractivity contribution in [2.75, 3.05) is 6.54 Å². The molecule has 0 fully saturated rings. The van der Waals surface area contributed by atoms with Gasteiger partial charge in [0.15, 0.2) is 0 Å². The highest BCUT2D eigenvalue weighted by atomic mass is 16.4. The Morgan fingerprint density at radius 3 is 1.84 bits per heavy atom. The molecule has 5 amide bonds. The average molecular weight is 788 g/mol. The number of carboxylic acid groups (broad SMARTS) is 2. The third-order valence-corrected chi connectivity index (χ3v) is 8.77. The molecule has 13 N–H and O–H groups in total. The molecule has 6 atom stereocenters. The van der Waals surface area contributed by atoms with Gasteiger partial charge >= 0.3 is 11.9 Å². The molecule has 0 saturated heterocycles. The van der Waals surface area contributed by atoms with Crippen molar-refractivity contribution in [1.82, 2.24) is 36.6 Å². The lowest BCUT2D eigenvalue weighted by molar-refractivity contribution is -0.143. The molecule has 310 valence electrons. The number of carbonyl (C=O) groups excluding carboxylic acids is 5. The number of carbonyl (C=O) groups is 7. The Bertz CT molecular complexity index is 1600. The van der Waals surface area contributed by atoms with Crippen LogP contribution in [0.5, 0.6) is 5.75 Å². The highest BCUT2D eigenvalue weighted by molar-refractivity contribution is 5.96. The Hall–Kier alpha value is -5.56. The zero-order valence-corrected chi connectivity index (χ0v) is 32.2. The number of imidazole rings is 1. The highest BCUT2D eigenvalue weighted by Gasteiger charge is 2.34. The summed E-state index contributed by atoms with van der Waals surface area (Å²) in [6, 6.07) is -1.75. The third-order valence-electron chi connectivity index (χ3n) is 8.77. The van der Waals surface area contributed by atoms with E-state index in [1.54, 1.807) is 13.8 Å². The van der Waals surface area contributed by atoms with Crippen molar-refractivity contribution in [2.24, 2.45) is 23.3 Å². The van der Waals surface area contributed by atoms with Crippen molar-refractivity contribution in [2.45, 2.75) is 115 Å². The molecule has 1 aromatic carbocycles. The van der Waals surface area contributed by atoms with Gasteiger partial charge in [-0.2, -0.15) is 0 Å². The molecule has 0 saturated carbocycles. The first-order valence-electron chi connectivity index (χ1n) is 18.6. The topological polar surface area (TPSA) is 321 Å². The molecule has 56 heavy (non-hydrogen) atoms. The van der Waals surface area contributed by atoms with Crippen LogP contribution in [0.25, 0.3) is 0 Å². The molecule has 0 aliphatic heterocycles. The van der Waals surface area contributed by atoms with Crippen molar-refractivity contribution in [3.05, 3.63) is 48.0 Å². The lowest BCUT2D eigenvalue weighted by atomic mass is 9.99. The zero-order valence-electron chi connectivity index (χ0n) is 32.2. The molecule has 0 aliphatic carbocycles. The molecular weight excluding hydrogens is 730 g/mol. The molecule has 2 rings (SSSR count). The molecule has 19 heteroatoms. The van der Waals surface area contributed by atoms with Gasteiger partial charge in [0, 0.05) is 31.2 Å². The van der Waals surface area contributed by atoms with E-state index in [1.807, 2.05) is 13.8 Å². The molecule has 19 nitrogen and oxygen atoms in total. The van der Waals surface area contributed by atoms with Crippen LogP contribution < -0.4 is 38.1 Å². The number of aromatic amines is 1. The summed E-state index contributed by atoms with van der Waals surface area (Å²) in [4.78, 5) is 98.1. The van der Waals surface area contributed by atoms with Crippen LogP contribution in [0, 0.1) is 11.8 Å². The number of benzene rings is 1. The number of aliphatic carboxylic acids is 2. The Morgan fingerprint density at radius 1 is 0.732 bits per heavy atom. The molecule has 2 aromatic rings. The number of nitrogens with two attached hydrogens (primary N) is 2. The SMILES string of the molecule is CC(C)C[C@H](N)C(=O)N[C@H](C(=O)N[C@@H](Cc1ccc(O)cc1)C(=O)N[C@@H](Cc1cnc[nH]1)C(=O)N[C@@H](CCC(=O)O)C(=O)N[C@@H](CCCCN)C(=O)O)C(C)C. The lowest BCUT2D eigenvalue weighted by Crippen LogP contribution is -2.60. The maximum Gasteiger partial charge on any atom is 0.326 e. The fourth-order valence-electron chi connectivity index (χ4n) is 5.68. The molecule has 1 aromatic heterocycles. The van der Waals surface area contributed by atoms with Gasteiger partial charge in [0.05, 0.1) is 12.4 Å². The molecular formula is C37H57N9O10. The maximum atomic E-state index is 14.1. The van der Waals surface area contributed by atoms with Gasteiger partial charge in [-0.25, -0.2) is 9.78 Å². The Morgan fingerprint density at radius 2 is 1.30 bits per heavy atom. The van der Waals surface area contributed by atoms with Crippen LogP contribution in [0.2, 0.25) is 0 Å². The predicted octanol–water partition coefficient (Wildman–Crippen LogP) is -0.568. The Kier molecular flexibility index (Phi) is 19.5. The minimum Gasteiger partial charge on any atom is -0.508 e. The van der Waals surface area contributed by atoms with Crippen LogP contribution in [0.4, 0.5) is 0 Å². The third kappa shape index (κ3) is 16.4. The molecule has 0 bridgehead atoms. The van der Waals surface area contributed by atoms with E-state index in [1.165, 1.54) is 36.8 Å². The Labute approximate surface area is 325 Å². The first kappa shape index (κ1) is 46.6. The monoisotopic (exact) mass is 787 g/mol. The number of hydrogen-bond acceptors (Lipinski definition) is 11. The fourth-order valence-corrected chi connectivity index (χ4v) is 5.68. The van der Waals surface area contributed by atoms with E-state index in [4.69, 9.17) is 11.5 Å². The van der Waals surface area contributed by atoms with E-state index in [0.717, 1.165) is 0 Å². The number of rotatable bonds is 25. The van der Waals surface area contributed by atoms with Crippen molar-refractivity contribution < 1.29 is 48.9 Å². The molecule has 0 unspecified atom stereocenters. The number of phenols is 1. The maximum absolute atomic E-state index is 14.1. The summed E-state index contributed by atoms with van der Waals surface area (Å²) in [6.45, 7) is 7.51. The van der Waals surface area contributed by atoms with E-state index in [-0.39, 0.29) is 30.9 Å². The van der Waals surface area contributed by atoms with Gasteiger partial charge in [0.2, 0.25) is 29.5 Å². The second-order valence-corrected chi connectivity index (χ2v) is 14.4. The number of amides is 5. The van der Waals surface area contributed by atoms with E-state index >= 15 is 0 Å². The predicted molar refractivity (Wildman–Crippen MR) is 203 cm³/mol. The van der Waals surface area contributed by atoms with Gasteiger partial charge in [-0.15, -0.1) is 0 Å². The van der Waals surface area contributed by atoms with Crippen LogP contribution >= 0.6 is 0 Å². The second kappa shape index (κ2) is 23.4. The minimum atomic E-state index is -1.51. The van der Waals surface area contributed by atoms with E-state index < -0.39 is 96.5 Å². The van der Waals surface area contributed by atoms with Gasteiger partial charge in [0.1, 0.15) is 36.0 Å². The number of phenolic OH excluding ortho intramolecular Hbond substituents is 1. The first-order chi connectivity index (χ1) is 26.4. The normalized spacial score (nSPS) is 14.4. The number of carboxylic acids is 2. The number of hydrogen-bond donors (Lipinski definition) is 11. The lowest BCUT2D eigenvalue weighted by Gasteiger charge is -2.28. The number of nitrogens with one attached hydrogen (secondary N) is 6. The van der Waals surface area contributed by atoms with Gasteiger partial charge in [-0.3, -0.25) is 28.8 Å². The molecule has 1 heterocycles. The number of H-pyrrole nitrogens is 1. The molecule has 0 radical (unpaired) electrons. The van der Waals surface area contributed by atoms with Crippen LogP contribution in [0.15, 0.2) is 36.8 Å². The van der Waals surface area contributed by atoms with E-state index in [0.29, 0.717) is 37.1 Å². The largest absolute Gasteiger partial charge is 0.508 e. The van der Waals surface area contributed by atoms with Crippen molar-refractivity contribution in [3.63, 3.8) is 0 Å². The van der Waals surface area contributed by atoms with Gasteiger partial charge in [-0.05, 0) is 68.2 Å². The summed E-state index contributed by atoms with van der Waals surface area (Å²) in [5.41, 5.74) is 12.5. The average Bonchev–Trinajstić information content (AvgIpc) is 3.64. The van der Waals surface area contributed by atoms with Gasteiger partial charge < -0.3 is 58.4 Å². The van der Waals surface area contributed by atoms with Crippen molar-refractivity contribution in [1.29, 1.82) is 0 Å². The Balaban J connectivity index is 2.42. The molecule has 0 aliphatic rings. The summed E-state index contributed by atoms with van der Waals surface area (Å²) >= 11 is 0. The fraction of sp³-hybridized carbons (Fsp3) is 0.568. The summed E-state index contributed by atoms with van der Waals surface area (Å²) < 4.78 is 0. The standard InChI is InChI=1S/C37H57N9O10/c1-20(2)15-25(39)32(50)46-31(21(3)4)36(54)45-28(16-22-8-10-24(47)11-9-22)34(52)44-29(17-23-18-40-19-41-23)35(53)42-26(12-13-30(48)49)33(51)43-27(37(55)56)7-5-6-14-38/h8-11,18-21,25-29,31,47H,5-7,12-17,38-39H2,1-4H3,(H,40,41)(H,42,53)(H,43,51)(H,44,52)(H,45,54)(H,46,50)(H,48,49)(H,55,56)/t25-,26-,27-,28-,29-,31-/m0/s1. The summed E-state index contributed by atoms with van der Waals surface area (Å²) in [7, 11) is 0. The summed E-state index contributed by atoms with van der Waals surface area (Å²) in [5.74, 6) is -6.92.